The van der Waals surface area contributed by atoms with Gasteiger partial charge in [-0.25, -0.2) is 9.99 Å². The molecule has 236 valence electrons. The fourth-order valence-electron chi connectivity index (χ4n) is 6.49. The molecule has 7 nitrogen and oxygen atoms in total. The Balaban J connectivity index is 1.20. The maximum atomic E-state index is 14.3. The van der Waals surface area contributed by atoms with Crippen LogP contribution >= 0.6 is 0 Å². The second kappa shape index (κ2) is 13.5. The second-order valence-corrected chi connectivity index (χ2v) is 11.7. The highest BCUT2D eigenvalue weighted by Gasteiger charge is 2.44. The number of carbonyl (C=O) groups excluding carboxylic acids is 1. The minimum Gasteiger partial charge on any atom is -0.494 e. The van der Waals surface area contributed by atoms with Crippen LogP contribution in [0.5, 0.6) is 11.5 Å². The van der Waals surface area contributed by atoms with Gasteiger partial charge in [0.25, 0.3) is 5.91 Å². The number of allylic oxidation sites excluding steroid dienone is 1. The number of carbonyl (C=O) groups is 1. The van der Waals surface area contributed by atoms with Crippen molar-refractivity contribution in [3.8, 4) is 34.3 Å². The normalized spacial score (nSPS) is 18.1. The average Bonchev–Trinajstić information content (AvgIpc) is 3.77. The smallest absolute Gasteiger partial charge is 0.274 e. The number of ether oxygens (including phenoxy) is 2. The largest absolute Gasteiger partial charge is 0.494 e. The van der Waals surface area contributed by atoms with Gasteiger partial charge in [-0.3, -0.25) is 4.79 Å². The third-order valence-corrected chi connectivity index (χ3v) is 8.72. The zero-order chi connectivity index (χ0) is 32.2. The molecule has 47 heavy (non-hydrogen) atoms. The van der Waals surface area contributed by atoms with Gasteiger partial charge in [0.1, 0.15) is 11.5 Å². The standard InChI is InChI=1S/C40H37N3O4/c1-3-45-33-21-13-27(14-22-33)25-32-11-8-12-35-37(32)42-43(38(35)29-19-23-34(24-20-29)46-4-2)40(44)31-17-15-30(16-18-31)39-41-26-36(47-39)28-9-6-5-7-10-28/h5-7,9-10,13-26,35,38H,3-4,8,11-12H2,1-2H3/b32-25-/t35-,38+/m0/s1. The van der Waals surface area contributed by atoms with Crippen molar-refractivity contribution >= 4 is 17.7 Å². The summed E-state index contributed by atoms with van der Waals surface area (Å²) in [7, 11) is 0. The van der Waals surface area contributed by atoms with Crippen molar-refractivity contribution < 1.29 is 18.7 Å². The van der Waals surface area contributed by atoms with E-state index in [0.29, 0.717) is 30.4 Å². The average molecular weight is 624 g/mol. The lowest BCUT2D eigenvalue weighted by atomic mass is 9.77. The molecular formula is C40H37N3O4. The molecule has 1 aliphatic heterocycles. The zero-order valence-electron chi connectivity index (χ0n) is 26.6. The molecule has 2 aliphatic rings. The van der Waals surface area contributed by atoms with Gasteiger partial charge in [0.05, 0.1) is 31.2 Å². The Morgan fingerprint density at radius 2 is 1.53 bits per heavy atom. The topological polar surface area (TPSA) is 77.2 Å². The Kier molecular flexibility index (Phi) is 8.69. The maximum Gasteiger partial charge on any atom is 0.274 e. The van der Waals surface area contributed by atoms with E-state index in [1.54, 1.807) is 11.2 Å². The van der Waals surface area contributed by atoms with Crippen molar-refractivity contribution in [2.75, 3.05) is 13.2 Å². The quantitative estimate of drug-likeness (QED) is 0.164. The van der Waals surface area contributed by atoms with Crippen molar-refractivity contribution in [1.29, 1.82) is 0 Å². The number of hydrazone groups is 1. The van der Waals surface area contributed by atoms with Crippen LogP contribution in [0.15, 0.2) is 124 Å². The van der Waals surface area contributed by atoms with Crippen LogP contribution in [0.4, 0.5) is 0 Å². The highest BCUT2D eigenvalue weighted by atomic mass is 16.5. The molecule has 0 unspecified atom stereocenters. The summed E-state index contributed by atoms with van der Waals surface area (Å²) in [6.45, 7) is 5.19. The summed E-state index contributed by atoms with van der Waals surface area (Å²) in [5, 5.41) is 6.79. The Hall–Kier alpha value is -5.43. The summed E-state index contributed by atoms with van der Waals surface area (Å²) in [4.78, 5) is 18.8. The summed E-state index contributed by atoms with van der Waals surface area (Å²) in [5.74, 6) is 2.81. The van der Waals surface area contributed by atoms with Gasteiger partial charge in [-0.1, -0.05) is 54.6 Å². The number of aromatic nitrogens is 1. The molecule has 1 saturated carbocycles. The SMILES string of the molecule is CCOc1ccc(/C=C2/CCC[C@H]3C2=NN(C(=O)c2ccc(-c4ncc(-c5ccccc5)o4)cc2)[C@@H]3c2ccc(OCC)cc2)cc1. The number of hydrogen-bond donors (Lipinski definition) is 0. The predicted molar refractivity (Wildman–Crippen MR) is 184 cm³/mol. The van der Waals surface area contributed by atoms with Gasteiger partial charge >= 0.3 is 0 Å². The molecule has 0 radical (unpaired) electrons. The lowest BCUT2D eigenvalue weighted by Crippen LogP contribution is -2.31. The minimum atomic E-state index is -0.225. The van der Waals surface area contributed by atoms with Gasteiger partial charge in [0.15, 0.2) is 5.76 Å². The van der Waals surface area contributed by atoms with Gasteiger partial charge in [0.2, 0.25) is 5.89 Å². The van der Waals surface area contributed by atoms with E-state index in [2.05, 4.69) is 35.3 Å². The second-order valence-electron chi connectivity index (χ2n) is 11.7. The van der Waals surface area contributed by atoms with E-state index in [1.807, 2.05) is 92.7 Å². The number of benzene rings is 4. The maximum absolute atomic E-state index is 14.3. The summed E-state index contributed by atoms with van der Waals surface area (Å²) >= 11 is 0. The lowest BCUT2D eigenvalue weighted by Gasteiger charge is -2.30. The monoisotopic (exact) mass is 623 g/mol. The molecular weight excluding hydrogens is 586 g/mol. The van der Waals surface area contributed by atoms with Crippen LogP contribution in [-0.2, 0) is 0 Å². The number of amides is 1. The van der Waals surface area contributed by atoms with Gasteiger partial charge in [0, 0.05) is 22.6 Å². The number of nitrogens with zero attached hydrogens (tertiary/aromatic N) is 3. The molecule has 2 atom stereocenters. The van der Waals surface area contributed by atoms with E-state index in [0.717, 1.165) is 58.7 Å². The first-order valence-electron chi connectivity index (χ1n) is 16.3. The molecule has 1 aromatic heterocycles. The fourth-order valence-corrected chi connectivity index (χ4v) is 6.49. The lowest BCUT2D eigenvalue weighted by molar-refractivity contribution is 0.0681. The Morgan fingerprint density at radius 3 is 2.21 bits per heavy atom. The number of fused-ring (bicyclic) bond motifs is 1. The van der Waals surface area contributed by atoms with Gasteiger partial charge in [-0.15, -0.1) is 0 Å². The number of rotatable bonds is 9. The van der Waals surface area contributed by atoms with Crippen LogP contribution in [0.2, 0.25) is 0 Å². The predicted octanol–water partition coefficient (Wildman–Crippen LogP) is 9.24. The van der Waals surface area contributed by atoms with Crippen LogP contribution in [0.3, 0.4) is 0 Å². The third kappa shape index (κ3) is 6.34. The number of hydrogen-bond acceptors (Lipinski definition) is 6. The van der Waals surface area contributed by atoms with Crippen LogP contribution < -0.4 is 9.47 Å². The Bertz CT molecular complexity index is 1890. The molecule has 1 amide bonds. The molecule has 1 aliphatic carbocycles. The highest BCUT2D eigenvalue weighted by molar-refractivity contribution is 6.09. The van der Waals surface area contributed by atoms with Crippen molar-refractivity contribution in [2.24, 2.45) is 11.0 Å². The first kappa shape index (κ1) is 30.2. The molecule has 0 N–H and O–H groups in total. The molecule has 0 spiro atoms. The van der Waals surface area contributed by atoms with E-state index in [9.17, 15) is 4.79 Å². The first-order chi connectivity index (χ1) is 23.1. The molecule has 7 rings (SSSR count). The molecule has 2 heterocycles. The van der Waals surface area contributed by atoms with Crippen molar-refractivity contribution in [1.82, 2.24) is 9.99 Å². The highest BCUT2D eigenvalue weighted by Crippen LogP contribution is 2.45. The summed E-state index contributed by atoms with van der Waals surface area (Å²) < 4.78 is 17.4. The zero-order valence-corrected chi connectivity index (χ0v) is 26.6. The first-order valence-corrected chi connectivity index (χ1v) is 16.3. The van der Waals surface area contributed by atoms with Gasteiger partial charge in [-0.05, 0) is 104 Å². The van der Waals surface area contributed by atoms with Crippen molar-refractivity contribution in [3.63, 3.8) is 0 Å². The van der Waals surface area contributed by atoms with Crippen molar-refractivity contribution in [3.05, 3.63) is 132 Å². The van der Waals surface area contributed by atoms with Crippen molar-refractivity contribution in [2.45, 2.75) is 39.2 Å². The van der Waals surface area contributed by atoms with E-state index < -0.39 is 0 Å². The summed E-state index contributed by atoms with van der Waals surface area (Å²) in [6.07, 6.45) is 6.83. The van der Waals surface area contributed by atoms with E-state index in [1.165, 1.54) is 5.57 Å². The van der Waals surface area contributed by atoms with Gasteiger partial charge in [-0.2, -0.15) is 5.10 Å². The Labute approximate surface area is 275 Å². The number of oxazole rings is 1. The summed E-state index contributed by atoms with van der Waals surface area (Å²) in [6, 6.07) is 33.3. The molecule has 5 aromatic rings. The van der Waals surface area contributed by atoms with E-state index in [4.69, 9.17) is 19.0 Å². The minimum absolute atomic E-state index is 0.0857. The fraction of sp³-hybridized carbons (Fsp3) is 0.225. The molecule has 0 bridgehead atoms. The van der Waals surface area contributed by atoms with Crippen LogP contribution in [0, 0.1) is 5.92 Å². The van der Waals surface area contributed by atoms with Crippen LogP contribution in [0.25, 0.3) is 28.9 Å². The van der Waals surface area contributed by atoms with Crippen LogP contribution in [0.1, 0.15) is 60.6 Å². The molecule has 1 fully saturated rings. The van der Waals surface area contributed by atoms with Crippen LogP contribution in [-0.4, -0.2) is 34.8 Å². The molecule has 4 aromatic carbocycles. The molecule has 0 saturated heterocycles. The Morgan fingerprint density at radius 1 is 0.851 bits per heavy atom. The van der Waals surface area contributed by atoms with E-state index in [-0.39, 0.29) is 17.9 Å². The van der Waals surface area contributed by atoms with Gasteiger partial charge < -0.3 is 13.9 Å². The third-order valence-electron chi connectivity index (χ3n) is 8.72. The molecule has 7 heteroatoms. The van der Waals surface area contributed by atoms with E-state index >= 15 is 0 Å². The summed E-state index contributed by atoms with van der Waals surface area (Å²) in [5.41, 5.74) is 6.61.